The summed E-state index contributed by atoms with van der Waals surface area (Å²) in [7, 11) is 1.91. The molecule has 0 fully saturated rings. The molecule has 0 radical (unpaired) electrons. The predicted octanol–water partition coefficient (Wildman–Crippen LogP) is 3.69. The number of amides is 3. The molecule has 3 aromatic carbocycles. The summed E-state index contributed by atoms with van der Waals surface area (Å²) in [4.78, 5) is 40.5. The zero-order valence-corrected chi connectivity index (χ0v) is 15.8. The van der Waals surface area contributed by atoms with Crippen LogP contribution in [-0.2, 0) is 4.79 Å². The molecule has 3 amide bonds. The minimum absolute atomic E-state index is 0.328. The van der Waals surface area contributed by atoms with Gasteiger partial charge in [0, 0.05) is 12.7 Å². The van der Waals surface area contributed by atoms with Gasteiger partial charge in [-0.1, -0.05) is 42.5 Å². The topological polar surface area (TPSA) is 69.7 Å². The van der Waals surface area contributed by atoms with Crippen molar-refractivity contribution in [3.05, 3.63) is 90.0 Å². The van der Waals surface area contributed by atoms with Gasteiger partial charge in [0.2, 0.25) is 5.91 Å². The number of para-hydroxylation sites is 3. The smallest absolute Gasteiger partial charge is 0.262 e. The number of nitrogens with one attached hydrogen (secondary N) is 1. The second-order valence-electron chi connectivity index (χ2n) is 6.70. The Balaban J connectivity index is 1.52. The van der Waals surface area contributed by atoms with Crippen LogP contribution < -0.4 is 10.2 Å². The van der Waals surface area contributed by atoms with Crippen molar-refractivity contribution in [1.29, 1.82) is 0 Å². The van der Waals surface area contributed by atoms with E-state index in [2.05, 4.69) is 5.32 Å². The number of hydrogen-bond donors (Lipinski definition) is 1. The van der Waals surface area contributed by atoms with Crippen LogP contribution in [0.3, 0.4) is 0 Å². The molecule has 0 atom stereocenters. The van der Waals surface area contributed by atoms with E-state index in [0.717, 1.165) is 16.3 Å². The highest BCUT2D eigenvalue weighted by Crippen LogP contribution is 2.30. The van der Waals surface area contributed by atoms with Crippen LogP contribution >= 0.6 is 0 Å². The van der Waals surface area contributed by atoms with Crippen LogP contribution in [0, 0.1) is 0 Å². The third kappa shape index (κ3) is 3.48. The van der Waals surface area contributed by atoms with Crippen LogP contribution in [0.15, 0.2) is 78.9 Å². The largest absolute Gasteiger partial charge is 0.343 e. The molecule has 29 heavy (non-hydrogen) atoms. The van der Waals surface area contributed by atoms with E-state index < -0.39 is 17.7 Å². The Morgan fingerprint density at radius 1 is 0.828 bits per heavy atom. The van der Waals surface area contributed by atoms with E-state index in [1.165, 1.54) is 0 Å². The van der Waals surface area contributed by atoms with E-state index >= 15 is 0 Å². The third-order valence-electron chi connectivity index (χ3n) is 4.86. The molecular weight excluding hydrogens is 366 g/mol. The van der Waals surface area contributed by atoms with Gasteiger partial charge in [-0.05, 0) is 36.4 Å². The lowest BCUT2D eigenvalue weighted by Crippen LogP contribution is -2.37. The van der Waals surface area contributed by atoms with Crippen LogP contribution in [0.25, 0.3) is 0 Å². The fraction of sp³-hybridized carbons (Fsp3) is 0.0870. The second kappa shape index (κ2) is 7.59. The maximum absolute atomic E-state index is 12.6. The number of nitrogens with zero attached hydrogens (tertiary/aromatic N) is 2. The van der Waals surface area contributed by atoms with E-state index in [9.17, 15) is 14.4 Å². The number of rotatable bonds is 5. The van der Waals surface area contributed by atoms with Crippen molar-refractivity contribution in [2.24, 2.45) is 0 Å². The zero-order valence-electron chi connectivity index (χ0n) is 15.8. The first-order valence-corrected chi connectivity index (χ1v) is 9.19. The van der Waals surface area contributed by atoms with Gasteiger partial charge in [-0.15, -0.1) is 0 Å². The minimum atomic E-state index is -0.449. The van der Waals surface area contributed by atoms with Crippen molar-refractivity contribution < 1.29 is 14.4 Å². The minimum Gasteiger partial charge on any atom is -0.343 e. The highest BCUT2D eigenvalue weighted by Gasteiger charge is 2.36. The Hall–Kier alpha value is -3.93. The van der Waals surface area contributed by atoms with E-state index in [1.54, 1.807) is 30.3 Å². The fourth-order valence-electron chi connectivity index (χ4n) is 3.38. The van der Waals surface area contributed by atoms with Crippen molar-refractivity contribution in [2.45, 2.75) is 0 Å². The summed E-state index contributed by atoms with van der Waals surface area (Å²) in [5.41, 5.74) is 3.02. The molecule has 0 unspecified atom stereocenters. The molecule has 0 saturated heterocycles. The maximum atomic E-state index is 12.6. The first kappa shape index (κ1) is 18.4. The molecule has 0 aromatic heterocycles. The van der Waals surface area contributed by atoms with Gasteiger partial charge in [-0.25, -0.2) is 0 Å². The summed E-state index contributed by atoms with van der Waals surface area (Å²) < 4.78 is 0. The fourth-order valence-corrected chi connectivity index (χ4v) is 3.38. The van der Waals surface area contributed by atoms with Crippen molar-refractivity contribution in [3.8, 4) is 0 Å². The molecule has 3 aromatic rings. The Bertz CT molecular complexity index is 1060. The second-order valence-corrected chi connectivity index (χ2v) is 6.70. The van der Waals surface area contributed by atoms with Crippen LogP contribution in [0.4, 0.5) is 17.1 Å². The number of anilines is 3. The number of hydrogen-bond acceptors (Lipinski definition) is 4. The van der Waals surface area contributed by atoms with Crippen molar-refractivity contribution in [1.82, 2.24) is 4.90 Å². The molecule has 0 aliphatic carbocycles. The molecule has 0 saturated carbocycles. The summed E-state index contributed by atoms with van der Waals surface area (Å²) in [6.07, 6.45) is 0. The molecule has 1 N–H and O–H groups in total. The number of carbonyl (C=O) groups is 3. The summed E-state index contributed by atoms with van der Waals surface area (Å²) in [6, 6.07) is 23.7. The summed E-state index contributed by atoms with van der Waals surface area (Å²) >= 11 is 0. The van der Waals surface area contributed by atoms with Crippen LogP contribution in [-0.4, -0.2) is 36.2 Å². The van der Waals surface area contributed by atoms with Gasteiger partial charge >= 0.3 is 0 Å². The van der Waals surface area contributed by atoms with Gasteiger partial charge in [0.1, 0.15) is 6.54 Å². The van der Waals surface area contributed by atoms with Gasteiger partial charge in [0.25, 0.3) is 11.8 Å². The monoisotopic (exact) mass is 385 g/mol. The molecule has 0 bridgehead atoms. The molecule has 1 aliphatic rings. The number of carbonyl (C=O) groups excluding carboxylic acids is 3. The average molecular weight is 385 g/mol. The van der Waals surface area contributed by atoms with Gasteiger partial charge in [-0.3, -0.25) is 19.3 Å². The summed E-state index contributed by atoms with van der Waals surface area (Å²) in [5.74, 6) is -1.33. The third-order valence-corrected chi connectivity index (χ3v) is 4.86. The van der Waals surface area contributed by atoms with Gasteiger partial charge < -0.3 is 10.2 Å². The normalized spacial score (nSPS) is 12.7. The standard InChI is InChI=1S/C23H19N3O3/c1-25(16-9-3-2-4-10-16)20-14-8-7-13-19(20)24-21(27)15-26-22(28)17-11-5-6-12-18(17)23(26)29/h2-14H,15H2,1H3,(H,24,27). The Kier molecular flexibility index (Phi) is 4.83. The molecule has 0 spiro atoms. The van der Waals surface area contributed by atoms with Crippen molar-refractivity contribution in [3.63, 3.8) is 0 Å². The van der Waals surface area contributed by atoms with E-state index in [4.69, 9.17) is 0 Å². The lowest BCUT2D eigenvalue weighted by molar-refractivity contribution is -0.116. The Morgan fingerprint density at radius 3 is 2.03 bits per heavy atom. The highest BCUT2D eigenvalue weighted by atomic mass is 16.2. The first-order chi connectivity index (χ1) is 14.1. The molecule has 1 aliphatic heterocycles. The van der Waals surface area contributed by atoms with Gasteiger partial charge in [0.05, 0.1) is 22.5 Å². The zero-order chi connectivity index (χ0) is 20.4. The van der Waals surface area contributed by atoms with Crippen molar-refractivity contribution in [2.75, 3.05) is 23.8 Å². The molecule has 1 heterocycles. The molecule has 144 valence electrons. The quantitative estimate of drug-likeness (QED) is 0.680. The number of imide groups is 1. The van der Waals surface area contributed by atoms with Crippen LogP contribution in [0.1, 0.15) is 20.7 Å². The maximum Gasteiger partial charge on any atom is 0.262 e. The van der Waals surface area contributed by atoms with Gasteiger partial charge in [-0.2, -0.15) is 0 Å². The molecule has 4 rings (SSSR count). The van der Waals surface area contributed by atoms with Crippen LogP contribution in [0.2, 0.25) is 0 Å². The van der Waals surface area contributed by atoms with Crippen LogP contribution in [0.5, 0.6) is 0 Å². The van der Waals surface area contributed by atoms with E-state index in [1.807, 2.05) is 60.5 Å². The summed E-state index contributed by atoms with van der Waals surface area (Å²) in [5, 5.41) is 2.83. The first-order valence-electron chi connectivity index (χ1n) is 9.19. The number of fused-ring (bicyclic) bond motifs is 1. The lowest BCUT2D eigenvalue weighted by Gasteiger charge is -2.23. The Labute approximate surface area is 168 Å². The predicted molar refractivity (Wildman–Crippen MR) is 111 cm³/mol. The van der Waals surface area contributed by atoms with Gasteiger partial charge in [0.15, 0.2) is 0 Å². The molecule has 6 nitrogen and oxygen atoms in total. The lowest BCUT2D eigenvalue weighted by atomic mass is 10.1. The van der Waals surface area contributed by atoms with E-state index in [0.29, 0.717) is 16.8 Å². The SMILES string of the molecule is CN(c1ccccc1)c1ccccc1NC(=O)CN1C(=O)c2ccccc2C1=O. The van der Waals surface area contributed by atoms with E-state index in [-0.39, 0.29) is 6.54 Å². The average Bonchev–Trinajstić information content (AvgIpc) is 2.99. The highest BCUT2D eigenvalue weighted by molar-refractivity contribution is 6.22. The summed E-state index contributed by atoms with van der Waals surface area (Å²) in [6.45, 7) is -0.338. The van der Waals surface area contributed by atoms with Crippen molar-refractivity contribution >= 4 is 34.8 Å². The number of benzene rings is 3. The Morgan fingerprint density at radius 2 is 1.38 bits per heavy atom. The molecule has 6 heteroatoms. The molecular formula is C23H19N3O3.